The molecule has 3 fully saturated rings. The lowest BCUT2D eigenvalue weighted by Crippen LogP contribution is -2.55. The molecule has 232 valence electrons. The molecule has 9 heteroatoms. The zero-order valence-electron chi connectivity index (χ0n) is 25.3. The second kappa shape index (κ2) is 13.0. The molecule has 3 aromatic rings. The number of piperidine rings is 1. The van der Waals surface area contributed by atoms with Crippen molar-refractivity contribution in [3.8, 4) is 0 Å². The monoisotopic (exact) mass is 601 g/mol. The number of hydrogen-bond acceptors (Lipinski definition) is 4. The van der Waals surface area contributed by atoms with Crippen molar-refractivity contribution < 1.29 is 18.3 Å². The van der Waals surface area contributed by atoms with Crippen LogP contribution in [0.25, 0.3) is 4.85 Å². The normalized spacial score (nSPS) is 22.6. The van der Waals surface area contributed by atoms with Gasteiger partial charge in [-0.3, -0.25) is 0 Å². The molecule has 0 bridgehead atoms. The van der Waals surface area contributed by atoms with E-state index in [-0.39, 0.29) is 17.9 Å². The van der Waals surface area contributed by atoms with E-state index in [1.54, 1.807) is 7.05 Å². The molecule has 3 atom stereocenters. The molecule has 7 nitrogen and oxygen atoms in total. The standard InChI is InChI=1S/C35H41F2N5O2/c1-38-30-8-10-31(11-9-30)42-22-25(23-42)21-40-16-12-26(13-17-40)35(24-41-14-3-4-15-41,27-18-28(36)20-29(37)19-27)32-6-5-7-33(32)44-34(43)39-2/h3-4,8-11,14-15,18-20,25-26,32-33H,5-7,12-13,16-17,21-24H2,2H3,(H,39,43)/t32-,33-,35?/m0/s1. The SMILES string of the molecule is [C-]#[N+]c1ccc(N2CC(CN3CCC(C(Cn4cccc4)(c4cc(F)cc(F)c4)[C@H]4CCC[C@@H]4OC(=O)NC)CC3)C2)cc1. The van der Waals surface area contributed by atoms with Crippen LogP contribution >= 0.6 is 0 Å². The molecule has 1 unspecified atom stereocenters. The second-order valence-electron chi connectivity index (χ2n) is 12.8. The topological polar surface area (TPSA) is 54.1 Å². The smallest absolute Gasteiger partial charge is 0.407 e. The summed E-state index contributed by atoms with van der Waals surface area (Å²) in [5.74, 6) is -0.493. The summed E-state index contributed by atoms with van der Waals surface area (Å²) in [6, 6.07) is 15.7. The number of carbonyl (C=O) groups is 1. The number of nitrogens with one attached hydrogen (secondary N) is 1. The number of alkyl carbamates (subject to hydrolysis) is 1. The van der Waals surface area contributed by atoms with Crippen LogP contribution in [-0.2, 0) is 16.7 Å². The molecule has 1 aliphatic carbocycles. The zero-order chi connectivity index (χ0) is 30.7. The minimum absolute atomic E-state index is 0.0746. The summed E-state index contributed by atoms with van der Waals surface area (Å²) in [5, 5.41) is 2.59. The summed E-state index contributed by atoms with van der Waals surface area (Å²) in [5.41, 5.74) is 1.87. The van der Waals surface area contributed by atoms with Gasteiger partial charge in [0.25, 0.3) is 0 Å². The first-order chi connectivity index (χ1) is 21.4. The highest BCUT2D eigenvalue weighted by Gasteiger charge is 2.53. The largest absolute Gasteiger partial charge is 0.446 e. The number of hydrogen-bond donors (Lipinski definition) is 1. The zero-order valence-corrected chi connectivity index (χ0v) is 25.3. The minimum atomic E-state index is -0.617. The Labute approximate surface area is 258 Å². The van der Waals surface area contributed by atoms with Gasteiger partial charge in [-0.1, -0.05) is 12.1 Å². The molecule has 2 aliphatic heterocycles. The van der Waals surface area contributed by atoms with Crippen molar-refractivity contribution in [1.29, 1.82) is 0 Å². The van der Waals surface area contributed by atoms with Gasteiger partial charge in [-0.05, 0) is 93.1 Å². The van der Waals surface area contributed by atoms with Crippen LogP contribution in [0.1, 0.15) is 37.7 Å². The van der Waals surface area contributed by atoms with Gasteiger partial charge in [0.05, 0.1) is 6.57 Å². The van der Waals surface area contributed by atoms with E-state index >= 15 is 0 Å². The van der Waals surface area contributed by atoms with Crippen molar-refractivity contribution in [2.75, 3.05) is 44.7 Å². The highest BCUT2D eigenvalue weighted by molar-refractivity contribution is 5.67. The summed E-state index contributed by atoms with van der Waals surface area (Å²) < 4.78 is 37.9. The number of carbonyl (C=O) groups excluding carboxylic acids is 1. The average Bonchev–Trinajstić information content (AvgIpc) is 3.70. The Morgan fingerprint density at radius 2 is 1.70 bits per heavy atom. The fourth-order valence-corrected chi connectivity index (χ4v) is 8.17. The van der Waals surface area contributed by atoms with Gasteiger partial charge >= 0.3 is 6.09 Å². The number of benzene rings is 2. The Kier molecular flexibility index (Phi) is 8.90. The van der Waals surface area contributed by atoms with Crippen molar-refractivity contribution in [2.24, 2.45) is 17.8 Å². The number of anilines is 1. The first kappa shape index (κ1) is 30.1. The maximum absolute atomic E-state index is 14.9. The number of halogens is 2. The summed E-state index contributed by atoms with van der Waals surface area (Å²) in [6.45, 7) is 12.6. The van der Waals surface area contributed by atoms with Gasteiger partial charge in [-0.2, -0.15) is 0 Å². The third-order valence-electron chi connectivity index (χ3n) is 10.2. The number of amides is 1. The maximum atomic E-state index is 14.9. The number of aromatic nitrogens is 1. The van der Waals surface area contributed by atoms with Crippen LogP contribution in [0.3, 0.4) is 0 Å². The van der Waals surface area contributed by atoms with E-state index in [4.69, 9.17) is 11.3 Å². The van der Waals surface area contributed by atoms with Gasteiger partial charge in [0.15, 0.2) is 5.69 Å². The van der Waals surface area contributed by atoms with Crippen LogP contribution in [0.4, 0.5) is 25.0 Å². The molecule has 0 spiro atoms. The van der Waals surface area contributed by atoms with E-state index in [1.807, 2.05) is 48.8 Å². The average molecular weight is 602 g/mol. The summed E-state index contributed by atoms with van der Waals surface area (Å²) >= 11 is 0. The number of nitrogens with zero attached hydrogens (tertiary/aromatic N) is 4. The highest BCUT2D eigenvalue weighted by atomic mass is 19.1. The Balaban J connectivity index is 1.22. The van der Waals surface area contributed by atoms with E-state index in [0.717, 1.165) is 76.6 Å². The maximum Gasteiger partial charge on any atom is 0.407 e. The van der Waals surface area contributed by atoms with Crippen LogP contribution in [0.2, 0.25) is 0 Å². The molecule has 0 radical (unpaired) electrons. The molecule has 3 aliphatic rings. The summed E-state index contributed by atoms with van der Waals surface area (Å²) in [6.07, 6.45) is 7.50. The predicted molar refractivity (Wildman–Crippen MR) is 167 cm³/mol. The lowest BCUT2D eigenvalue weighted by atomic mass is 9.58. The van der Waals surface area contributed by atoms with E-state index in [1.165, 1.54) is 12.1 Å². The molecular weight excluding hydrogens is 560 g/mol. The van der Waals surface area contributed by atoms with Crippen LogP contribution in [0.5, 0.6) is 0 Å². The molecule has 1 N–H and O–H groups in total. The quantitative estimate of drug-likeness (QED) is 0.280. The minimum Gasteiger partial charge on any atom is -0.446 e. The van der Waals surface area contributed by atoms with Crippen molar-refractivity contribution in [1.82, 2.24) is 14.8 Å². The number of ether oxygens (including phenoxy) is 1. The van der Waals surface area contributed by atoms with E-state index in [2.05, 4.69) is 24.5 Å². The van der Waals surface area contributed by atoms with Gasteiger partial charge in [0, 0.05) is 74.6 Å². The Morgan fingerprint density at radius 1 is 1.02 bits per heavy atom. The van der Waals surface area contributed by atoms with Gasteiger partial charge < -0.3 is 24.4 Å². The Morgan fingerprint density at radius 3 is 2.34 bits per heavy atom. The molecule has 1 aromatic heterocycles. The first-order valence-corrected chi connectivity index (χ1v) is 15.8. The third kappa shape index (κ3) is 6.18. The fraction of sp³-hybridized carbons (Fsp3) is 0.486. The second-order valence-corrected chi connectivity index (χ2v) is 12.8. The predicted octanol–water partition coefficient (Wildman–Crippen LogP) is 6.63. The summed E-state index contributed by atoms with van der Waals surface area (Å²) in [4.78, 5) is 20.8. The van der Waals surface area contributed by atoms with Crippen molar-refractivity contribution in [3.63, 3.8) is 0 Å². The van der Waals surface area contributed by atoms with Crippen molar-refractivity contribution in [2.45, 2.75) is 50.2 Å². The summed E-state index contributed by atoms with van der Waals surface area (Å²) in [7, 11) is 1.56. The number of rotatable bonds is 9. The van der Waals surface area contributed by atoms with E-state index in [9.17, 15) is 13.6 Å². The lowest BCUT2D eigenvalue weighted by Gasteiger charge is -2.51. The van der Waals surface area contributed by atoms with Crippen LogP contribution in [-0.4, -0.2) is 61.4 Å². The Bertz CT molecular complexity index is 1440. The van der Waals surface area contributed by atoms with Gasteiger partial charge in [0.2, 0.25) is 0 Å². The molecule has 2 aromatic carbocycles. The highest BCUT2D eigenvalue weighted by Crippen LogP contribution is 2.52. The third-order valence-corrected chi connectivity index (χ3v) is 10.2. The van der Waals surface area contributed by atoms with Crippen LogP contribution in [0, 0.1) is 36.0 Å². The van der Waals surface area contributed by atoms with Crippen LogP contribution < -0.4 is 10.2 Å². The van der Waals surface area contributed by atoms with E-state index < -0.39 is 23.1 Å². The lowest BCUT2D eigenvalue weighted by molar-refractivity contribution is 0.00184. The van der Waals surface area contributed by atoms with Gasteiger partial charge in [0.1, 0.15) is 17.7 Å². The molecule has 1 amide bonds. The van der Waals surface area contributed by atoms with Crippen molar-refractivity contribution >= 4 is 17.5 Å². The number of likely N-dealkylation sites (tertiary alicyclic amines) is 1. The van der Waals surface area contributed by atoms with Crippen molar-refractivity contribution in [3.05, 3.63) is 95.6 Å². The van der Waals surface area contributed by atoms with E-state index in [0.29, 0.717) is 23.7 Å². The Hall–Kier alpha value is -3.90. The van der Waals surface area contributed by atoms with Gasteiger partial charge in [-0.15, -0.1) is 0 Å². The molecule has 6 rings (SSSR count). The molecule has 1 saturated carbocycles. The molecule has 3 heterocycles. The fourth-order valence-electron chi connectivity index (χ4n) is 8.17. The van der Waals surface area contributed by atoms with Gasteiger partial charge in [-0.25, -0.2) is 18.4 Å². The van der Waals surface area contributed by atoms with Crippen LogP contribution in [0.15, 0.2) is 67.0 Å². The molecule has 2 saturated heterocycles. The first-order valence-electron chi connectivity index (χ1n) is 15.8. The molecular formula is C35H41F2N5O2. The molecule has 44 heavy (non-hydrogen) atoms.